The number of hydrogen-bond donors (Lipinski definition) is 2. The van der Waals surface area contributed by atoms with Crippen LogP contribution in [0.25, 0.3) is 0 Å². The van der Waals surface area contributed by atoms with Gasteiger partial charge in [-0.3, -0.25) is 4.79 Å². The van der Waals surface area contributed by atoms with E-state index in [9.17, 15) is 15.0 Å². The summed E-state index contributed by atoms with van der Waals surface area (Å²) in [6.07, 6.45) is 4.29. The van der Waals surface area contributed by atoms with Crippen molar-refractivity contribution in [1.82, 2.24) is 0 Å². The normalized spacial score (nSPS) is 24.1. The van der Waals surface area contributed by atoms with Gasteiger partial charge in [0.1, 0.15) is 0 Å². The van der Waals surface area contributed by atoms with Crippen molar-refractivity contribution in [3.05, 3.63) is 0 Å². The molecule has 1 aliphatic carbocycles. The molecule has 94 valence electrons. The second kappa shape index (κ2) is 5.17. The second-order valence-corrected chi connectivity index (χ2v) is 5.58. The van der Waals surface area contributed by atoms with E-state index >= 15 is 0 Å². The van der Waals surface area contributed by atoms with Crippen LogP contribution in [-0.2, 0) is 4.79 Å². The van der Waals surface area contributed by atoms with E-state index in [1.54, 1.807) is 0 Å². The number of aliphatic hydroxyl groups is 1. The van der Waals surface area contributed by atoms with E-state index in [1.165, 1.54) is 0 Å². The first-order valence-corrected chi connectivity index (χ1v) is 6.33. The van der Waals surface area contributed by atoms with E-state index in [-0.39, 0.29) is 11.8 Å². The summed E-state index contributed by atoms with van der Waals surface area (Å²) in [5, 5.41) is 19.9. The van der Waals surface area contributed by atoms with E-state index in [0.29, 0.717) is 12.8 Å². The molecule has 1 saturated carbocycles. The summed E-state index contributed by atoms with van der Waals surface area (Å²) in [4.78, 5) is 11.4. The molecule has 0 radical (unpaired) electrons. The lowest BCUT2D eigenvalue weighted by Gasteiger charge is -2.40. The van der Waals surface area contributed by atoms with Gasteiger partial charge in [-0.15, -0.1) is 0 Å². The van der Waals surface area contributed by atoms with Crippen LogP contribution in [0.1, 0.15) is 52.9 Å². The maximum absolute atomic E-state index is 11.4. The van der Waals surface area contributed by atoms with E-state index in [0.717, 1.165) is 19.3 Å². The van der Waals surface area contributed by atoms with Crippen molar-refractivity contribution < 1.29 is 15.0 Å². The second-order valence-electron chi connectivity index (χ2n) is 5.58. The van der Waals surface area contributed by atoms with Gasteiger partial charge in [-0.05, 0) is 24.7 Å². The molecule has 2 unspecified atom stereocenters. The molecule has 2 N–H and O–H groups in total. The number of carboxylic acid groups (broad SMARTS) is 1. The Balaban J connectivity index is 2.87. The zero-order valence-electron chi connectivity index (χ0n) is 10.6. The molecule has 0 aromatic carbocycles. The highest BCUT2D eigenvalue weighted by atomic mass is 16.4. The molecule has 16 heavy (non-hydrogen) atoms. The van der Waals surface area contributed by atoms with Gasteiger partial charge in [-0.2, -0.15) is 0 Å². The highest BCUT2D eigenvalue weighted by molar-refractivity contribution is 5.72. The largest absolute Gasteiger partial charge is 0.481 e. The predicted molar refractivity (Wildman–Crippen MR) is 63.2 cm³/mol. The molecule has 2 atom stereocenters. The average Bonchev–Trinajstić information content (AvgIpc) is 2.17. The fourth-order valence-corrected chi connectivity index (χ4v) is 2.80. The molecule has 0 bridgehead atoms. The Bertz CT molecular complexity index is 242. The van der Waals surface area contributed by atoms with Crippen molar-refractivity contribution in [3.63, 3.8) is 0 Å². The van der Waals surface area contributed by atoms with Gasteiger partial charge < -0.3 is 10.2 Å². The first-order valence-electron chi connectivity index (χ1n) is 6.33. The lowest BCUT2D eigenvalue weighted by molar-refractivity contribution is -0.161. The highest BCUT2D eigenvalue weighted by Gasteiger charge is 2.45. The third-order valence-electron chi connectivity index (χ3n) is 4.14. The molecular weight excluding hydrogens is 204 g/mol. The maximum atomic E-state index is 11.4. The van der Waals surface area contributed by atoms with Crippen molar-refractivity contribution in [2.45, 2.75) is 58.5 Å². The van der Waals surface area contributed by atoms with Gasteiger partial charge in [0, 0.05) is 0 Å². The van der Waals surface area contributed by atoms with Crippen LogP contribution in [0.15, 0.2) is 0 Å². The van der Waals surface area contributed by atoms with Gasteiger partial charge in [0.05, 0.1) is 11.5 Å². The molecular formula is C13H24O3. The van der Waals surface area contributed by atoms with Gasteiger partial charge in [-0.1, -0.05) is 40.0 Å². The molecule has 1 aliphatic rings. The topological polar surface area (TPSA) is 57.5 Å². The molecule has 0 heterocycles. The Morgan fingerprint density at radius 2 is 1.62 bits per heavy atom. The van der Waals surface area contributed by atoms with Gasteiger partial charge in [0.25, 0.3) is 0 Å². The van der Waals surface area contributed by atoms with Gasteiger partial charge >= 0.3 is 5.97 Å². The van der Waals surface area contributed by atoms with Crippen LogP contribution >= 0.6 is 0 Å². The van der Waals surface area contributed by atoms with E-state index in [2.05, 4.69) is 0 Å². The third-order valence-corrected chi connectivity index (χ3v) is 4.14. The van der Waals surface area contributed by atoms with Gasteiger partial charge in [-0.25, -0.2) is 0 Å². The Labute approximate surface area is 97.9 Å². The van der Waals surface area contributed by atoms with Crippen LogP contribution in [-0.4, -0.2) is 21.8 Å². The minimum absolute atomic E-state index is 0.0144. The van der Waals surface area contributed by atoms with E-state index < -0.39 is 17.5 Å². The fraction of sp³-hybridized carbons (Fsp3) is 0.923. The molecule has 1 rings (SSSR count). The molecule has 3 nitrogen and oxygen atoms in total. The summed E-state index contributed by atoms with van der Waals surface area (Å²) in [6.45, 7) is 5.98. The zero-order chi connectivity index (χ0) is 12.3. The van der Waals surface area contributed by atoms with Gasteiger partial charge in [0.2, 0.25) is 0 Å². The predicted octanol–water partition coefficient (Wildman–Crippen LogP) is 2.67. The molecule has 0 aromatic rings. The summed E-state index contributed by atoms with van der Waals surface area (Å²) in [6, 6.07) is 0. The number of rotatable bonds is 4. The van der Waals surface area contributed by atoms with Crippen molar-refractivity contribution >= 4 is 5.97 Å². The van der Waals surface area contributed by atoms with E-state index in [4.69, 9.17) is 0 Å². The molecule has 3 heteroatoms. The first-order chi connectivity index (χ1) is 7.38. The molecule has 0 amide bonds. The quantitative estimate of drug-likeness (QED) is 0.777. The lowest BCUT2D eigenvalue weighted by atomic mass is 9.68. The standard InChI is InChI=1S/C13H24O3/c1-9(2)10(3)11(12(14)15)13(16)7-5-4-6-8-13/h9-11,16H,4-8H2,1-3H3,(H,14,15). The molecule has 0 aromatic heterocycles. The minimum Gasteiger partial charge on any atom is -0.481 e. The maximum Gasteiger partial charge on any atom is 0.309 e. The molecule has 0 aliphatic heterocycles. The van der Waals surface area contributed by atoms with E-state index in [1.807, 2.05) is 20.8 Å². The SMILES string of the molecule is CC(C)C(C)C(C(=O)O)C1(O)CCCCC1. The van der Waals surface area contributed by atoms with Crippen LogP contribution in [0, 0.1) is 17.8 Å². The number of carbonyl (C=O) groups is 1. The summed E-state index contributed by atoms with van der Waals surface area (Å²) >= 11 is 0. The Morgan fingerprint density at radius 1 is 1.12 bits per heavy atom. The highest BCUT2D eigenvalue weighted by Crippen LogP contribution is 2.40. The number of aliphatic carboxylic acids is 1. The van der Waals surface area contributed by atoms with Crippen molar-refractivity contribution in [1.29, 1.82) is 0 Å². The van der Waals surface area contributed by atoms with Crippen molar-refractivity contribution in [3.8, 4) is 0 Å². The van der Waals surface area contributed by atoms with Crippen molar-refractivity contribution in [2.75, 3.05) is 0 Å². The number of carboxylic acids is 1. The third kappa shape index (κ3) is 2.76. The minimum atomic E-state index is -0.978. The van der Waals surface area contributed by atoms with Crippen molar-refractivity contribution in [2.24, 2.45) is 17.8 Å². The van der Waals surface area contributed by atoms with Crippen LogP contribution in [0.5, 0.6) is 0 Å². The lowest BCUT2D eigenvalue weighted by Crippen LogP contribution is -2.48. The smallest absolute Gasteiger partial charge is 0.309 e. The summed E-state index contributed by atoms with van der Waals surface area (Å²) in [5.41, 5.74) is -0.978. The van der Waals surface area contributed by atoms with Gasteiger partial charge in [0.15, 0.2) is 0 Å². The fourth-order valence-electron chi connectivity index (χ4n) is 2.80. The number of hydrogen-bond acceptors (Lipinski definition) is 2. The monoisotopic (exact) mass is 228 g/mol. The van der Waals surface area contributed by atoms with Crippen LogP contribution in [0.4, 0.5) is 0 Å². The summed E-state index contributed by atoms with van der Waals surface area (Å²) in [7, 11) is 0. The average molecular weight is 228 g/mol. The van der Waals surface area contributed by atoms with Crippen LogP contribution in [0.3, 0.4) is 0 Å². The molecule has 0 spiro atoms. The molecule has 0 saturated heterocycles. The Hall–Kier alpha value is -0.570. The molecule has 1 fully saturated rings. The van der Waals surface area contributed by atoms with Crippen LogP contribution < -0.4 is 0 Å². The summed E-state index contributed by atoms with van der Waals surface area (Å²) in [5.74, 6) is -1.16. The first kappa shape index (κ1) is 13.5. The Morgan fingerprint density at radius 3 is 2.00 bits per heavy atom. The zero-order valence-corrected chi connectivity index (χ0v) is 10.6. The van der Waals surface area contributed by atoms with Crippen LogP contribution in [0.2, 0.25) is 0 Å². The Kier molecular flexibility index (Phi) is 4.36. The summed E-state index contributed by atoms with van der Waals surface area (Å²) < 4.78 is 0.